The van der Waals surface area contributed by atoms with Crippen molar-refractivity contribution < 1.29 is 4.79 Å². The van der Waals surface area contributed by atoms with Crippen molar-refractivity contribution in [3.63, 3.8) is 0 Å². The van der Waals surface area contributed by atoms with Crippen molar-refractivity contribution in [2.75, 3.05) is 0 Å². The highest BCUT2D eigenvalue weighted by Crippen LogP contribution is 2.49. The van der Waals surface area contributed by atoms with Gasteiger partial charge in [-0.05, 0) is 49.1 Å². The van der Waals surface area contributed by atoms with E-state index in [9.17, 15) is 4.79 Å². The molecule has 0 spiro atoms. The minimum absolute atomic E-state index is 0.334. The summed E-state index contributed by atoms with van der Waals surface area (Å²) >= 11 is 0. The molecule has 0 saturated heterocycles. The first-order valence-corrected chi connectivity index (χ1v) is 7.41. The number of fused-ring (bicyclic) bond motifs is 2. The van der Waals surface area contributed by atoms with Gasteiger partial charge in [0.15, 0.2) is 5.78 Å². The van der Waals surface area contributed by atoms with Gasteiger partial charge < -0.3 is 0 Å². The first-order chi connectivity index (χ1) is 8.78. The Kier molecular flexibility index (Phi) is 3.23. The highest BCUT2D eigenvalue weighted by Gasteiger charge is 2.43. The summed E-state index contributed by atoms with van der Waals surface area (Å²) in [6, 6.07) is 8.32. The highest BCUT2D eigenvalue weighted by atomic mass is 16.1. The zero-order valence-electron chi connectivity index (χ0n) is 11.2. The fraction of sp³-hybridized carbons (Fsp3) is 0.588. The molecule has 2 saturated carbocycles. The van der Waals surface area contributed by atoms with Gasteiger partial charge in [0, 0.05) is 11.5 Å². The highest BCUT2D eigenvalue weighted by molar-refractivity contribution is 5.98. The number of Topliss-reactive ketones (excluding diaryl/α,β-unsaturated/α-hetero) is 1. The molecule has 0 aliphatic heterocycles. The van der Waals surface area contributed by atoms with Gasteiger partial charge in [0.05, 0.1) is 0 Å². The van der Waals surface area contributed by atoms with Crippen molar-refractivity contribution in [2.45, 2.75) is 45.4 Å². The van der Waals surface area contributed by atoms with Gasteiger partial charge in [-0.25, -0.2) is 0 Å². The lowest BCUT2D eigenvalue weighted by Crippen LogP contribution is -2.21. The fourth-order valence-electron chi connectivity index (χ4n) is 3.95. The van der Waals surface area contributed by atoms with Gasteiger partial charge in [-0.1, -0.05) is 38.0 Å². The monoisotopic (exact) mass is 242 g/mol. The standard InChI is InChI=1S/C17H22O/c1-2-4-12-5-3-6-15(9-12)17(18)16-11-13-7-8-14(16)10-13/h3,5-6,9,13-14,16H,2,4,7-8,10-11H2,1H3. The molecule has 2 bridgehead atoms. The second-order valence-electron chi connectivity index (χ2n) is 6.10. The van der Waals surface area contributed by atoms with Crippen molar-refractivity contribution in [2.24, 2.45) is 17.8 Å². The minimum atomic E-state index is 0.334. The summed E-state index contributed by atoms with van der Waals surface area (Å²) in [6.45, 7) is 2.18. The molecule has 0 radical (unpaired) electrons. The summed E-state index contributed by atoms with van der Waals surface area (Å²) in [5, 5.41) is 0. The third-order valence-electron chi connectivity index (χ3n) is 4.83. The van der Waals surface area contributed by atoms with Crippen LogP contribution >= 0.6 is 0 Å². The van der Waals surface area contributed by atoms with Gasteiger partial charge in [0.2, 0.25) is 0 Å². The predicted octanol–water partition coefficient (Wildman–Crippen LogP) is 4.26. The van der Waals surface area contributed by atoms with E-state index in [0.29, 0.717) is 17.6 Å². The number of carbonyl (C=O) groups excluding carboxylic acids is 1. The van der Waals surface area contributed by atoms with Crippen molar-refractivity contribution in [1.29, 1.82) is 0 Å². The van der Waals surface area contributed by atoms with Crippen LogP contribution in [-0.2, 0) is 6.42 Å². The zero-order chi connectivity index (χ0) is 12.5. The van der Waals surface area contributed by atoms with Crippen LogP contribution in [0.3, 0.4) is 0 Å². The second-order valence-corrected chi connectivity index (χ2v) is 6.10. The minimum Gasteiger partial charge on any atom is -0.294 e. The molecule has 1 nitrogen and oxygen atoms in total. The topological polar surface area (TPSA) is 17.1 Å². The number of aryl methyl sites for hydroxylation is 1. The Bertz CT molecular complexity index is 449. The molecule has 0 heterocycles. The SMILES string of the molecule is CCCc1cccc(C(=O)C2CC3CCC2C3)c1. The van der Waals surface area contributed by atoms with Crippen LogP contribution in [0.25, 0.3) is 0 Å². The molecule has 0 N–H and O–H groups in total. The number of rotatable bonds is 4. The average Bonchev–Trinajstić information content (AvgIpc) is 3.01. The van der Waals surface area contributed by atoms with Crippen molar-refractivity contribution in [3.8, 4) is 0 Å². The second kappa shape index (κ2) is 4.87. The molecule has 2 aliphatic carbocycles. The van der Waals surface area contributed by atoms with Crippen LogP contribution in [0.5, 0.6) is 0 Å². The lowest BCUT2D eigenvalue weighted by molar-refractivity contribution is 0.0874. The van der Waals surface area contributed by atoms with E-state index in [-0.39, 0.29) is 0 Å². The molecule has 3 rings (SSSR count). The third-order valence-corrected chi connectivity index (χ3v) is 4.83. The van der Waals surface area contributed by atoms with Gasteiger partial charge >= 0.3 is 0 Å². The van der Waals surface area contributed by atoms with E-state index >= 15 is 0 Å². The summed E-state index contributed by atoms with van der Waals surface area (Å²) in [6.07, 6.45) is 7.34. The maximum absolute atomic E-state index is 12.6. The summed E-state index contributed by atoms with van der Waals surface area (Å²) in [7, 11) is 0. The number of carbonyl (C=O) groups is 1. The number of ketones is 1. The van der Waals surface area contributed by atoms with Gasteiger partial charge in [-0.15, -0.1) is 0 Å². The Labute approximate surface area is 110 Å². The Morgan fingerprint density at radius 2 is 2.17 bits per heavy atom. The molecule has 2 fully saturated rings. The maximum atomic E-state index is 12.6. The summed E-state index contributed by atoms with van der Waals surface area (Å²) in [5.74, 6) is 2.29. The third kappa shape index (κ3) is 2.11. The van der Waals surface area contributed by atoms with Crippen LogP contribution in [0.2, 0.25) is 0 Å². The quantitative estimate of drug-likeness (QED) is 0.721. The average molecular weight is 242 g/mol. The Morgan fingerprint density at radius 3 is 2.83 bits per heavy atom. The molecular weight excluding hydrogens is 220 g/mol. The van der Waals surface area contributed by atoms with E-state index in [4.69, 9.17) is 0 Å². The Balaban J connectivity index is 1.77. The molecule has 1 heteroatoms. The maximum Gasteiger partial charge on any atom is 0.166 e. The Morgan fingerprint density at radius 1 is 1.28 bits per heavy atom. The van der Waals surface area contributed by atoms with Gasteiger partial charge in [-0.2, -0.15) is 0 Å². The lowest BCUT2D eigenvalue weighted by Gasteiger charge is -2.20. The molecule has 1 aromatic rings. The molecule has 0 amide bonds. The van der Waals surface area contributed by atoms with E-state index in [1.807, 2.05) is 12.1 Å². The van der Waals surface area contributed by atoms with Crippen LogP contribution in [0.4, 0.5) is 0 Å². The number of hydrogen-bond donors (Lipinski definition) is 0. The normalized spacial score (nSPS) is 29.7. The molecular formula is C17H22O. The van der Waals surface area contributed by atoms with Crippen molar-refractivity contribution >= 4 is 5.78 Å². The van der Waals surface area contributed by atoms with Crippen LogP contribution in [0.15, 0.2) is 24.3 Å². The van der Waals surface area contributed by atoms with Crippen molar-refractivity contribution in [3.05, 3.63) is 35.4 Å². The molecule has 0 aromatic heterocycles. The largest absolute Gasteiger partial charge is 0.294 e. The molecule has 1 aromatic carbocycles. The lowest BCUT2D eigenvalue weighted by atomic mass is 9.83. The first-order valence-electron chi connectivity index (χ1n) is 7.41. The van der Waals surface area contributed by atoms with E-state index in [2.05, 4.69) is 19.1 Å². The summed E-state index contributed by atoms with van der Waals surface area (Å²) < 4.78 is 0. The molecule has 18 heavy (non-hydrogen) atoms. The molecule has 2 aliphatic rings. The Hall–Kier alpha value is -1.11. The predicted molar refractivity (Wildman–Crippen MR) is 73.7 cm³/mol. The summed E-state index contributed by atoms with van der Waals surface area (Å²) in [4.78, 5) is 12.6. The van der Waals surface area contributed by atoms with Gasteiger partial charge in [0.1, 0.15) is 0 Å². The van der Waals surface area contributed by atoms with Crippen LogP contribution in [0.1, 0.15) is 54.9 Å². The number of hydrogen-bond acceptors (Lipinski definition) is 1. The van der Waals surface area contributed by atoms with E-state index in [0.717, 1.165) is 30.7 Å². The zero-order valence-corrected chi connectivity index (χ0v) is 11.2. The van der Waals surface area contributed by atoms with Crippen LogP contribution in [0, 0.1) is 17.8 Å². The molecule has 3 atom stereocenters. The molecule has 96 valence electrons. The number of benzene rings is 1. The van der Waals surface area contributed by atoms with E-state index in [1.54, 1.807) is 0 Å². The molecule has 3 unspecified atom stereocenters. The van der Waals surface area contributed by atoms with Gasteiger partial charge in [-0.3, -0.25) is 4.79 Å². The van der Waals surface area contributed by atoms with E-state index < -0.39 is 0 Å². The fourth-order valence-corrected chi connectivity index (χ4v) is 3.95. The van der Waals surface area contributed by atoms with Crippen LogP contribution < -0.4 is 0 Å². The van der Waals surface area contributed by atoms with E-state index in [1.165, 1.54) is 24.8 Å². The van der Waals surface area contributed by atoms with Gasteiger partial charge in [0.25, 0.3) is 0 Å². The smallest absolute Gasteiger partial charge is 0.166 e. The van der Waals surface area contributed by atoms with Crippen LogP contribution in [-0.4, -0.2) is 5.78 Å². The summed E-state index contributed by atoms with van der Waals surface area (Å²) in [5.41, 5.74) is 2.27. The van der Waals surface area contributed by atoms with Crippen molar-refractivity contribution in [1.82, 2.24) is 0 Å². The first kappa shape index (κ1) is 12.0.